The number of halogens is 1. The van der Waals surface area contributed by atoms with Gasteiger partial charge in [0.1, 0.15) is 16.5 Å². The summed E-state index contributed by atoms with van der Waals surface area (Å²) in [6, 6.07) is 8.62. The lowest BCUT2D eigenvalue weighted by atomic mass is 10.2. The van der Waals surface area contributed by atoms with E-state index < -0.39 is 0 Å². The molecule has 0 aliphatic rings. The van der Waals surface area contributed by atoms with Gasteiger partial charge in [0.2, 0.25) is 0 Å². The Morgan fingerprint density at radius 2 is 2.00 bits per heavy atom. The summed E-state index contributed by atoms with van der Waals surface area (Å²) in [6.07, 6.45) is 1.59. The van der Waals surface area contributed by atoms with Crippen molar-refractivity contribution >= 4 is 28.6 Å². The number of benzene rings is 1. The molecule has 0 spiro atoms. The summed E-state index contributed by atoms with van der Waals surface area (Å²) in [7, 11) is 0. The SMILES string of the molecule is Cc1cccc(Nc2cccnc2C(N)=S)c1F. The summed E-state index contributed by atoms with van der Waals surface area (Å²) in [4.78, 5) is 4.25. The van der Waals surface area contributed by atoms with Crippen LogP contribution in [-0.2, 0) is 0 Å². The molecule has 3 nitrogen and oxygen atoms in total. The maximum absolute atomic E-state index is 13.9. The molecule has 0 atom stereocenters. The van der Waals surface area contributed by atoms with Crippen LogP contribution in [0.4, 0.5) is 15.8 Å². The molecule has 0 saturated carbocycles. The molecule has 2 rings (SSSR count). The van der Waals surface area contributed by atoms with Crippen molar-refractivity contribution in [2.24, 2.45) is 5.73 Å². The molecule has 0 aliphatic heterocycles. The normalized spacial score (nSPS) is 10.1. The van der Waals surface area contributed by atoms with Crippen LogP contribution in [0.3, 0.4) is 0 Å². The average molecular weight is 261 g/mol. The minimum atomic E-state index is -0.296. The summed E-state index contributed by atoms with van der Waals surface area (Å²) in [5.41, 5.74) is 7.56. The molecule has 0 amide bonds. The van der Waals surface area contributed by atoms with E-state index in [1.54, 1.807) is 43.5 Å². The van der Waals surface area contributed by atoms with Crippen LogP contribution in [0.25, 0.3) is 0 Å². The Labute approximate surface area is 110 Å². The maximum Gasteiger partial charge on any atom is 0.149 e. The molecule has 3 N–H and O–H groups in total. The largest absolute Gasteiger partial charge is 0.388 e. The van der Waals surface area contributed by atoms with Gasteiger partial charge < -0.3 is 11.1 Å². The van der Waals surface area contributed by atoms with Crippen molar-refractivity contribution in [1.29, 1.82) is 0 Å². The Bertz CT molecular complexity index is 599. The van der Waals surface area contributed by atoms with Crippen LogP contribution in [0.15, 0.2) is 36.5 Å². The first-order chi connectivity index (χ1) is 8.59. The predicted octanol–water partition coefficient (Wildman–Crippen LogP) is 2.91. The lowest BCUT2D eigenvalue weighted by molar-refractivity contribution is 0.622. The quantitative estimate of drug-likeness (QED) is 0.834. The summed E-state index contributed by atoms with van der Waals surface area (Å²) in [6.45, 7) is 1.71. The average Bonchev–Trinajstić information content (AvgIpc) is 2.35. The van der Waals surface area contributed by atoms with Crippen molar-refractivity contribution in [2.75, 3.05) is 5.32 Å². The third-order valence-electron chi connectivity index (χ3n) is 2.50. The minimum absolute atomic E-state index is 0.172. The molecule has 1 aromatic heterocycles. The number of nitrogens with zero attached hydrogens (tertiary/aromatic N) is 1. The third-order valence-corrected chi connectivity index (χ3v) is 2.70. The maximum atomic E-state index is 13.9. The summed E-state index contributed by atoms with van der Waals surface area (Å²) < 4.78 is 13.9. The van der Waals surface area contributed by atoms with Gasteiger partial charge >= 0.3 is 0 Å². The van der Waals surface area contributed by atoms with E-state index in [9.17, 15) is 4.39 Å². The molecular formula is C13H12FN3S. The first-order valence-electron chi connectivity index (χ1n) is 5.36. The lowest BCUT2D eigenvalue weighted by Gasteiger charge is -2.11. The number of nitrogens with one attached hydrogen (secondary N) is 1. The zero-order chi connectivity index (χ0) is 13.1. The highest BCUT2D eigenvalue weighted by Crippen LogP contribution is 2.23. The van der Waals surface area contributed by atoms with Crippen molar-refractivity contribution in [3.05, 3.63) is 53.6 Å². The molecule has 0 aliphatic carbocycles. The van der Waals surface area contributed by atoms with Crippen LogP contribution < -0.4 is 11.1 Å². The van der Waals surface area contributed by atoms with Gasteiger partial charge in [0.05, 0.1) is 11.4 Å². The number of hydrogen-bond acceptors (Lipinski definition) is 3. The molecule has 2 aromatic rings. The monoisotopic (exact) mass is 261 g/mol. The molecule has 5 heteroatoms. The fraction of sp³-hybridized carbons (Fsp3) is 0.0769. The first-order valence-corrected chi connectivity index (χ1v) is 5.77. The van der Waals surface area contributed by atoms with Crippen LogP contribution >= 0.6 is 12.2 Å². The van der Waals surface area contributed by atoms with Gasteiger partial charge in [0, 0.05) is 6.20 Å². The Morgan fingerprint density at radius 1 is 1.28 bits per heavy atom. The van der Waals surface area contributed by atoms with E-state index in [1.807, 2.05) is 0 Å². The molecule has 0 bridgehead atoms. The van der Waals surface area contributed by atoms with E-state index in [0.717, 1.165) is 0 Å². The molecule has 92 valence electrons. The van der Waals surface area contributed by atoms with Crippen molar-refractivity contribution < 1.29 is 4.39 Å². The van der Waals surface area contributed by atoms with Gasteiger partial charge in [-0.2, -0.15) is 0 Å². The second kappa shape index (κ2) is 5.10. The number of thiocarbonyl (C=S) groups is 1. The number of aromatic nitrogens is 1. The number of pyridine rings is 1. The zero-order valence-corrected chi connectivity index (χ0v) is 10.6. The second-order valence-corrected chi connectivity index (χ2v) is 4.27. The summed E-state index contributed by atoms with van der Waals surface area (Å²) in [5.74, 6) is -0.296. The molecule has 1 aromatic carbocycles. The molecule has 0 saturated heterocycles. The van der Waals surface area contributed by atoms with Gasteiger partial charge in [-0.1, -0.05) is 24.4 Å². The van der Waals surface area contributed by atoms with E-state index in [2.05, 4.69) is 10.3 Å². The predicted molar refractivity (Wildman–Crippen MR) is 74.5 cm³/mol. The lowest BCUT2D eigenvalue weighted by Crippen LogP contribution is -2.14. The fourth-order valence-electron chi connectivity index (χ4n) is 1.59. The molecule has 0 unspecified atom stereocenters. The van der Waals surface area contributed by atoms with Crippen LogP contribution in [0.1, 0.15) is 11.3 Å². The van der Waals surface area contributed by atoms with Gasteiger partial charge in [0.25, 0.3) is 0 Å². The highest BCUT2D eigenvalue weighted by molar-refractivity contribution is 7.80. The van der Waals surface area contributed by atoms with Crippen molar-refractivity contribution in [3.8, 4) is 0 Å². The van der Waals surface area contributed by atoms with Gasteiger partial charge in [0.15, 0.2) is 0 Å². The Balaban J connectivity index is 2.40. The summed E-state index contributed by atoms with van der Waals surface area (Å²) >= 11 is 4.91. The Morgan fingerprint density at radius 3 is 2.72 bits per heavy atom. The van der Waals surface area contributed by atoms with E-state index >= 15 is 0 Å². The van der Waals surface area contributed by atoms with Gasteiger partial charge in [-0.3, -0.25) is 4.98 Å². The fourth-order valence-corrected chi connectivity index (χ4v) is 1.75. The number of rotatable bonds is 3. The minimum Gasteiger partial charge on any atom is -0.388 e. The van der Waals surface area contributed by atoms with Crippen LogP contribution in [0.5, 0.6) is 0 Å². The number of hydrogen-bond donors (Lipinski definition) is 2. The van der Waals surface area contributed by atoms with Crippen molar-refractivity contribution in [3.63, 3.8) is 0 Å². The highest BCUT2D eigenvalue weighted by atomic mass is 32.1. The van der Waals surface area contributed by atoms with E-state index in [-0.39, 0.29) is 10.8 Å². The van der Waals surface area contributed by atoms with Gasteiger partial charge in [-0.15, -0.1) is 0 Å². The van der Waals surface area contributed by atoms with Crippen LogP contribution in [-0.4, -0.2) is 9.97 Å². The van der Waals surface area contributed by atoms with Crippen LogP contribution in [0.2, 0.25) is 0 Å². The molecular weight excluding hydrogens is 249 g/mol. The molecule has 0 fully saturated rings. The zero-order valence-electron chi connectivity index (χ0n) is 9.77. The summed E-state index contributed by atoms with van der Waals surface area (Å²) in [5, 5.41) is 2.96. The number of nitrogens with two attached hydrogens (primary N) is 1. The molecule has 1 heterocycles. The standard InChI is InChI=1S/C13H12FN3S/c1-8-4-2-5-9(11(8)14)17-10-6-3-7-16-12(10)13(15)18/h2-7,17H,1H3,(H2,15,18). The molecule has 18 heavy (non-hydrogen) atoms. The topological polar surface area (TPSA) is 50.9 Å². The van der Waals surface area contributed by atoms with E-state index in [0.29, 0.717) is 22.6 Å². The smallest absolute Gasteiger partial charge is 0.149 e. The Kier molecular flexibility index (Phi) is 3.53. The van der Waals surface area contributed by atoms with Crippen molar-refractivity contribution in [1.82, 2.24) is 4.98 Å². The van der Waals surface area contributed by atoms with Crippen LogP contribution in [0, 0.1) is 12.7 Å². The van der Waals surface area contributed by atoms with Gasteiger partial charge in [-0.25, -0.2) is 4.39 Å². The Hall–Kier alpha value is -2.01. The number of anilines is 2. The third kappa shape index (κ3) is 2.46. The number of aryl methyl sites for hydroxylation is 1. The molecule has 0 radical (unpaired) electrons. The van der Waals surface area contributed by atoms with E-state index in [1.165, 1.54) is 0 Å². The van der Waals surface area contributed by atoms with Gasteiger partial charge in [-0.05, 0) is 30.7 Å². The highest BCUT2D eigenvalue weighted by Gasteiger charge is 2.09. The van der Waals surface area contributed by atoms with Crippen molar-refractivity contribution in [2.45, 2.75) is 6.92 Å². The van der Waals surface area contributed by atoms with E-state index in [4.69, 9.17) is 18.0 Å². The second-order valence-electron chi connectivity index (χ2n) is 3.83. The first kappa shape index (κ1) is 12.4.